The minimum Gasteiger partial charge on any atom is -0.299 e. The molecule has 2 aromatic rings. The van der Waals surface area contributed by atoms with Crippen molar-refractivity contribution >= 4 is 11.6 Å². The summed E-state index contributed by atoms with van der Waals surface area (Å²) in [7, 11) is 0. The van der Waals surface area contributed by atoms with E-state index in [1.54, 1.807) is 6.20 Å². The van der Waals surface area contributed by atoms with Gasteiger partial charge in [0.05, 0.1) is 0 Å². The van der Waals surface area contributed by atoms with Crippen LogP contribution in [0, 0.1) is 0 Å². The van der Waals surface area contributed by atoms with Crippen molar-refractivity contribution in [2.24, 2.45) is 0 Å². The average molecular weight is 252 g/mol. The lowest BCUT2D eigenvalue weighted by Gasteiger charge is -2.04. The molecule has 2 rings (SSSR count). The van der Waals surface area contributed by atoms with Gasteiger partial charge in [-0.1, -0.05) is 17.7 Å². The number of H-pyrrole nitrogens is 1. The molecule has 0 aliphatic heterocycles. The number of aryl methyl sites for hydroxylation is 2. The molecule has 0 aliphatic carbocycles. The highest BCUT2D eigenvalue weighted by Gasteiger charge is 2.02. The summed E-state index contributed by atoms with van der Waals surface area (Å²) in [6, 6.07) is 5.58. The van der Waals surface area contributed by atoms with E-state index in [2.05, 4.69) is 9.97 Å². The predicted octanol–water partition coefficient (Wildman–Crippen LogP) is 0.828. The van der Waals surface area contributed by atoms with Crippen LogP contribution in [0.5, 0.6) is 0 Å². The van der Waals surface area contributed by atoms with Crippen molar-refractivity contribution in [2.45, 2.75) is 13.0 Å². The highest BCUT2D eigenvalue weighted by molar-refractivity contribution is 6.30. The summed E-state index contributed by atoms with van der Waals surface area (Å²) in [6.07, 6.45) is 3.63. The van der Waals surface area contributed by atoms with Crippen molar-refractivity contribution in [3.05, 3.63) is 62.1 Å². The first kappa shape index (κ1) is 11.6. The Morgan fingerprint density at radius 3 is 2.88 bits per heavy atom. The number of nitrogens with one attached hydrogen (secondary N) is 1. The molecular formula is C11H10ClN3O2. The number of aromatic amines is 1. The maximum atomic E-state index is 11.4. The minimum absolute atomic E-state index is 0.00520. The van der Waals surface area contributed by atoms with E-state index in [0.29, 0.717) is 13.0 Å². The monoisotopic (exact) mass is 251 g/mol. The summed E-state index contributed by atoms with van der Waals surface area (Å²) in [5.41, 5.74) is -0.150. The third-order valence-electron chi connectivity index (χ3n) is 2.30. The Hall–Kier alpha value is -1.88. The Bertz CT molecular complexity index is 619. The van der Waals surface area contributed by atoms with Gasteiger partial charge >= 0.3 is 5.69 Å². The Morgan fingerprint density at radius 1 is 1.35 bits per heavy atom. The molecule has 0 atom stereocenters. The van der Waals surface area contributed by atoms with Crippen molar-refractivity contribution in [3.8, 4) is 0 Å². The Labute approximate surface area is 102 Å². The molecule has 6 heteroatoms. The standard InChI is InChI=1S/C11H10ClN3O2/c12-9-7-15(11(17)14-10(9)16)6-4-8-3-1-2-5-13-8/h1-3,5,7H,4,6H2,(H,14,16,17). The second-order valence-corrected chi connectivity index (χ2v) is 3.91. The van der Waals surface area contributed by atoms with Gasteiger partial charge in [-0.25, -0.2) is 4.79 Å². The molecule has 2 aromatic heterocycles. The lowest BCUT2D eigenvalue weighted by Crippen LogP contribution is -2.30. The Morgan fingerprint density at radius 2 is 2.18 bits per heavy atom. The van der Waals surface area contributed by atoms with Crippen molar-refractivity contribution in [1.82, 2.24) is 14.5 Å². The zero-order chi connectivity index (χ0) is 12.3. The van der Waals surface area contributed by atoms with Crippen molar-refractivity contribution in [3.63, 3.8) is 0 Å². The van der Waals surface area contributed by atoms with Crippen LogP contribution in [0.1, 0.15) is 5.69 Å². The molecule has 0 saturated carbocycles. The molecule has 17 heavy (non-hydrogen) atoms. The van der Waals surface area contributed by atoms with Crippen LogP contribution in [-0.4, -0.2) is 14.5 Å². The van der Waals surface area contributed by atoms with E-state index in [-0.39, 0.29) is 5.02 Å². The molecular weight excluding hydrogens is 242 g/mol. The van der Waals surface area contributed by atoms with E-state index in [1.165, 1.54) is 10.8 Å². The zero-order valence-corrected chi connectivity index (χ0v) is 9.65. The molecule has 0 saturated heterocycles. The van der Waals surface area contributed by atoms with Gasteiger partial charge in [-0.2, -0.15) is 0 Å². The van der Waals surface area contributed by atoms with Crippen LogP contribution in [0.4, 0.5) is 0 Å². The van der Waals surface area contributed by atoms with E-state index in [9.17, 15) is 9.59 Å². The average Bonchev–Trinajstić information content (AvgIpc) is 2.33. The van der Waals surface area contributed by atoms with E-state index in [4.69, 9.17) is 11.6 Å². The van der Waals surface area contributed by atoms with Gasteiger partial charge in [-0.3, -0.25) is 19.3 Å². The first-order chi connectivity index (χ1) is 8.16. The topological polar surface area (TPSA) is 67.8 Å². The van der Waals surface area contributed by atoms with Gasteiger partial charge in [-0.05, 0) is 12.1 Å². The van der Waals surface area contributed by atoms with Gasteiger partial charge in [0.2, 0.25) is 0 Å². The number of aromatic nitrogens is 3. The van der Waals surface area contributed by atoms with Crippen molar-refractivity contribution in [1.29, 1.82) is 0 Å². The second-order valence-electron chi connectivity index (χ2n) is 3.50. The highest BCUT2D eigenvalue weighted by atomic mass is 35.5. The van der Waals surface area contributed by atoms with Crippen LogP contribution in [0.3, 0.4) is 0 Å². The zero-order valence-electron chi connectivity index (χ0n) is 8.89. The van der Waals surface area contributed by atoms with Crippen LogP contribution >= 0.6 is 11.6 Å². The predicted molar refractivity (Wildman–Crippen MR) is 64.3 cm³/mol. The molecule has 0 radical (unpaired) electrons. The summed E-state index contributed by atoms with van der Waals surface area (Å²) < 4.78 is 1.36. The highest BCUT2D eigenvalue weighted by Crippen LogP contribution is 1.99. The number of rotatable bonds is 3. The summed E-state index contributed by atoms with van der Waals surface area (Å²) in [6.45, 7) is 0.423. The van der Waals surface area contributed by atoms with Gasteiger partial charge in [0.15, 0.2) is 0 Å². The molecule has 2 heterocycles. The van der Waals surface area contributed by atoms with Crippen LogP contribution < -0.4 is 11.2 Å². The molecule has 0 aliphatic rings. The summed E-state index contributed by atoms with van der Waals surface area (Å²) in [4.78, 5) is 28.8. The molecule has 0 unspecified atom stereocenters. The van der Waals surface area contributed by atoms with Crippen molar-refractivity contribution in [2.75, 3.05) is 0 Å². The third-order valence-corrected chi connectivity index (χ3v) is 2.57. The number of nitrogens with zero attached hydrogens (tertiary/aromatic N) is 2. The van der Waals surface area contributed by atoms with Gasteiger partial charge < -0.3 is 0 Å². The summed E-state index contributed by atoms with van der Waals surface area (Å²) in [5.74, 6) is 0. The minimum atomic E-state index is -0.564. The van der Waals surface area contributed by atoms with Crippen LogP contribution in [0.15, 0.2) is 40.2 Å². The first-order valence-corrected chi connectivity index (χ1v) is 5.44. The fraction of sp³-hybridized carbons (Fsp3) is 0.182. The van der Waals surface area contributed by atoms with Crippen LogP contribution in [0.2, 0.25) is 5.02 Å². The summed E-state index contributed by atoms with van der Waals surface area (Å²) in [5, 5.41) is 0.00520. The fourth-order valence-corrected chi connectivity index (χ4v) is 1.59. The number of halogens is 1. The van der Waals surface area contributed by atoms with Gasteiger partial charge in [-0.15, -0.1) is 0 Å². The largest absolute Gasteiger partial charge is 0.328 e. The molecule has 0 aromatic carbocycles. The molecule has 5 nitrogen and oxygen atoms in total. The Kier molecular flexibility index (Phi) is 3.39. The molecule has 0 bridgehead atoms. The molecule has 1 N–H and O–H groups in total. The number of hydrogen-bond donors (Lipinski definition) is 1. The summed E-state index contributed by atoms with van der Waals surface area (Å²) >= 11 is 5.65. The fourth-order valence-electron chi connectivity index (χ4n) is 1.43. The molecule has 0 fully saturated rings. The lowest BCUT2D eigenvalue weighted by molar-refractivity contribution is 0.638. The van der Waals surface area contributed by atoms with Gasteiger partial charge in [0.25, 0.3) is 5.56 Å². The SMILES string of the molecule is O=c1[nH]c(=O)n(CCc2ccccn2)cc1Cl. The van der Waals surface area contributed by atoms with E-state index >= 15 is 0 Å². The quantitative estimate of drug-likeness (QED) is 0.879. The van der Waals surface area contributed by atoms with E-state index in [1.807, 2.05) is 18.2 Å². The normalized spacial score (nSPS) is 10.4. The molecule has 0 amide bonds. The maximum absolute atomic E-state index is 11.4. The lowest BCUT2D eigenvalue weighted by atomic mass is 10.3. The van der Waals surface area contributed by atoms with Gasteiger partial charge in [0, 0.05) is 31.1 Å². The van der Waals surface area contributed by atoms with Crippen LogP contribution in [0.25, 0.3) is 0 Å². The number of hydrogen-bond acceptors (Lipinski definition) is 3. The third kappa shape index (κ3) is 2.82. The number of pyridine rings is 1. The van der Waals surface area contributed by atoms with E-state index < -0.39 is 11.2 Å². The van der Waals surface area contributed by atoms with Crippen molar-refractivity contribution < 1.29 is 0 Å². The van der Waals surface area contributed by atoms with Gasteiger partial charge in [0.1, 0.15) is 5.02 Å². The van der Waals surface area contributed by atoms with Crippen LogP contribution in [-0.2, 0) is 13.0 Å². The molecule has 88 valence electrons. The molecule has 0 spiro atoms. The Balaban J connectivity index is 2.18. The second kappa shape index (κ2) is 4.97. The smallest absolute Gasteiger partial charge is 0.299 e. The van der Waals surface area contributed by atoms with E-state index in [0.717, 1.165) is 5.69 Å². The maximum Gasteiger partial charge on any atom is 0.328 e. The first-order valence-electron chi connectivity index (χ1n) is 5.06.